The highest BCUT2D eigenvalue weighted by atomic mass is 16.5. The second-order valence-corrected chi connectivity index (χ2v) is 11.8. The first-order chi connectivity index (χ1) is 15.4. The van der Waals surface area contributed by atoms with Crippen LogP contribution in [0.4, 0.5) is 0 Å². The highest BCUT2D eigenvalue weighted by Crippen LogP contribution is 2.60. The number of aliphatic hydroxyl groups excluding tert-OH is 1. The van der Waals surface area contributed by atoms with Crippen molar-refractivity contribution >= 4 is 5.97 Å². The van der Waals surface area contributed by atoms with Gasteiger partial charge in [-0.05, 0) is 100 Å². The standard InChI is InChI=1S/C29H46O4/c1-19-9-13-24(33-21(3)30)18-23(19)12-11-22-8-7-17-29(6)25(14-15-26(22)29)20(2)10-16-27(31)28(4,5)32/h11-12,20,24-27,31-32H,1,7-10,13-18H2,2-6H3/b22-11+,23-12-/t20-,24+,25-,26+,27?,29-/m1/s1. The Bertz CT molecular complexity index is 786. The Kier molecular flexibility index (Phi) is 8.32. The van der Waals surface area contributed by atoms with Crippen molar-refractivity contribution in [3.8, 4) is 0 Å². The minimum absolute atomic E-state index is 0.0229. The smallest absolute Gasteiger partial charge is 0.302 e. The Morgan fingerprint density at radius 1 is 1.24 bits per heavy atom. The van der Waals surface area contributed by atoms with Gasteiger partial charge in [-0.15, -0.1) is 0 Å². The number of esters is 1. The predicted octanol–water partition coefficient (Wildman–Crippen LogP) is 6.28. The van der Waals surface area contributed by atoms with Gasteiger partial charge in [-0.2, -0.15) is 0 Å². The lowest BCUT2D eigenvalue weighted by Crippen LogP contribution is -2.38. The van der Waals surface area contributed by atoms with Gasteiger partial charge in [0.15, 0.2) is 0 Å². The Hall–Kier alpha value is -1.39. The van der Waals surface area contributed by atoms with E-state index in [1.54, 1.807) is 19.4 Å². The van der Waals surface area contributed by atoms with Crippen molar-refractivity contribution in [3.05, 3.63) is 35.5 Å². The normalized spacial score (nSPS) is 34.9. The maximum Gasteiger partial charge on any atom is 0.302 e. The minimum Gasteiger partial charge on any atom is -0.462 e. The molecule has 33 heavy (non-hydrogen) atoms. The van der Waals surface area contributed by atoms with Gasteiger partial charge in [0, 0.05) is 13.3 Å². The van der Waals surface area contributed by atoms with Crippen LogP contribution in [0.25, 0.3) is 0 Å². The van der Waals surface area contributed by atoms with Gasteiger partial charge in [-0.1, -0.05) is 43.7 Å². The highest BCUT2D eigenvalue weighted by molar-refractivity contribution is 5.66. The van der Waals surface area contributed by atoms with Crippen LogP contribution in [0.1, 0.15) is 98.8 Å². The lowest BCUT2D eigenvalue weighted by molar-refractivity contribution is -0.146. The molecule has 0 heterocycles. The van der Waals surface area contributed by atoms with Gasteiger partial charge in [0.05, 0.1) is 11.7 Å². The van der Waals surface area contributed by atoms with E-state index in [2.05, 4.69) is 32.6 Å². The molecule has 3 aliphatic rings. The summed E-state index contributed by atoms with van der Waals surface area (Å²) < 4.78 is 5.47. The maximum atomic E-state index is 11.4. The third kappa shape index (κ3) is 6.19. The Labute approximate surface area is 201 Å². The average molecular weight is 459 g/mol. The van der Waals surface area contributed by atoms with Crippen molar-refractivity contribution < 1.29 is 19.7 Å². The number of fused-ring (bicyclic) bond motifs is 1. The molecule has 3 rings (SSSR count). The molecular weight excluding hydrogens is 412 g/mol. The molecule has 2 N–H and O–H groups in total. The number of aliphatic hydroxyl groups is 2. The number of carbonyl (C=O) groups is 1. The Morgan fingerprint density at radius 3 is 2.64 bits per heavy atom. The third-order valence-corrected chi connectivity index (χ3v) is 8.94. The minimum atomic E-state index is -1.03. The molecule has 4 heteroatoms. The molecule has 0 spiro atoms. The molecule has 3 aliphatic carbocycles. The molecule has 3 fully saturated rings. The molecule has 186 valence electrons. The van der Waals surface area contributed by atoms with E-state index in [1.807, 2.05) is 0 Å². The fraction of sp³-hybridized carbons (Fsp3) is 0.759. The monoisotopic (exact) mass is 458 g/mol. The van der Waals surface area contributed by atoms with Gasteiger partial charge in [0.25, 0.3) is 0 Å². The lowest BCUT2D eigenvalue weighted by Gasteiger charge is -2.44. The van der Waals surface area contributed by atoms with E-state index >= 15 is 0 Å². The molecule has 0 amide bonds. The molecule has 6 atom stereocenters. The zero-order chi connectivity index (χ0) is 24.4. The molecule has 0 aromatic rings. The fourth-order valence-electron chi connectivity index (χ4n) is 6.91. The summed E-state index contributed by atoms with van der Waals surface area (Å²) in [4.78, 5) is 11.4. The topological polar surface area (TPSA) is 66.8 Å². The van der Waals surface area contributed by atoms with Crippen molar-refractivity contribution in [1.82, 2.24) is 0 Å². The third-order valence-electron chi connectivity index (χ3n) is 8.94. The molecule has 0 bridgehead atoms. The zero-order valence-corrected chi connectivity index (χ0v) is 21.5. The van der Waals surface area contributed by atoms with Crippen molar-refractivity contribution in [2.75, 3.05) is 0 Å². The van der Waals surface area contributed by atoms with Gasteiger partial charge in [-0.25, -0.2) is 0 Å². The first-order valence-corrected chi connectivity index (χ1v) is 13.1. The highest BCUT2D eigenvalue weighted by Gasteiger charge is 2.50. The molecular formula is C29H46O4. The van der Waals surface area contributed by atoms with Crippen LogP contribution in [-0.4, -0.2) is 34.0 Å². The van der Waals surface area contributed by atoms with Crippen LogP contribution < -0.4 is 0 Å². The first kappa shape index (κ1) is 26.2. The summed E-state index contributed by atoms with van der Waals surface area (Å²) in [5.41, 5.74) is 3.26. The van der Waals surface area contributed by atoms with E-state index < -0.39 is 11.7 Å². The molecule has 0 aromatic carbocycles. The number of hydrogen-bond acceptors (Lipinski definition) is 4. The SMILES string of the molecule is C=C1CC[C@H](OC(C)=O)C/C1=C/C=C1\CCC[C@]2(C)[C@@H]([C@H](C)CCC(O)C(C)(C)O)CC[C@@H]12. The van der Waals surface area contributed by atoms with Gasteiger partial charge in [0.2, 0.25) is 0 Å². The number of ether oxygens (including phenoxy) is 1. The van der Waals surface area contributed by atoms with Crippen molar-refractivity contribution in [3.63, 3.8) is 0 Å². The van der Waals surface area contributed by atoms with Crippen LogP contribution in [0.3, 0.4) is 0 Å². The molecule has 3 saturated carbocycles. The zero-order valence-electron chi connectivity index (χ0n) is 21.5. The lowest BCUT2D eigenvalue weighted by atomic mass is 9.60. The van der Waals surface area contributed by atoms with Gasteiger partial charge in [-0.3, -0.25) is 4.79 Å². The summed E-state index contributed by atoms with van der Waals surface area (Å²) in [5.74, 6) is 1.62. The number of hydrogen-bond donors (Lipinski definition) is 2. The van der Waals surface area contributed by atoms with Crippen molar-refractivity contribution in [2.45, 2.75) is 117 Å². The van der Waals surface area contributed by atoms with E-state index in [0.717, 1.165) is 25.7 Å². The van der Waals surface area contributed by atoms with Crippen LogP contribution in [0, 0.1) is 23.2 Å². The summed E-state index contributed by atoms with van der Waals surface area (Å²) in [5, 5.41) is 20.4. The van der Waals surface area contributed by atoms with Gasteiger partial charge < -0.3 is 14.9 Å². The summed E-state index contributed by atoms with van der Waals surface area (Å²) in [6.07, 6.45) is 14.2. The maximum absolute atomic E-state index is 11.4. The van der Waals surface area contributed by atoms with Crippen LogP contribution in [0.2, 0.25) is 0 Å². The number of carbonyl (C=O) groups excluding carboxylic acids is 1. The summed E-state index contributed by atoms with van der Waals surface area (Å²) >= 11 is 0. The first-order valence-electron chi connectivity index (χ1n) is 13.1. The average Bonchev–Trinajstić information content (AvgIpc) is 3.08. The molecule has 0 saturated heterocycles. The van der Waals surface area contributed by atoms with E-state index in [4.69, 9.17) is 4.74 Å². The van der Waals surface area contributed by atoms with Crippen LogP contribution >= 0.6 is 0 Å². The Morgan fingerprint density at radius 2 is 1.97 bits per heavy atom. The van der Waals surface area contributed by atoms with Gasteiger partial charge in [0.1, 0.15) is 6.10 Å². The number of rotatable bonds is 7. The molecule has 0 aliphatic heterocycles. The second kappa shape index (κ2) is 10.5. The quantitative estimate of drug-likeness (QED) is 0.441. The van der Waals surface area contributed by atoms with E-state index in [-0.39, 0.29) is 12.1 Å². The summed E-state index contributed by atoms with van der Waals surface area (Å²) in [6, 6.07) is 0. The molecule has 0 aromatic heterocycles. The van der Waals surface area contributed by atoms with E-state index in [1.165, 1.54) is 50.2 Å². The van der Waals surface area contributed by atoms with Crippen LogP contribution in [0.5, 0.6) is 0 Å². The largest absolute Gasteiger partial charge is 0.462 e. The summed E-state index contributed by atoms with van der Waals surface area (Å²) in [7, 11) is 0. The number of allylic oxidation sites excluding steroid dienone is 4. The fourth-order valence-corrected chi connectivity index (χ4v) is 6.91. The van der Waals surface area contributed by atoms with Gasteiger partial charge >= 0.3 is 5.97 Å². The van der Waals surface area contributed by atoms with Crippen LogP contribution in [-0.2, 0) is 9.53 Å². The predicted molar refractivity (Wildman–Crippen MR) is 134 cm³/mol. The molecule has 4 nitrogen and oxygen atoms in total. The van der Waals surface area contributed by atoms with Crippen molar-refractivity contribution in [1.29, 1.82) is 0 Å². The van der Waals surface area contributed by atoms with E-state index in [9.17, 15) is 15.0 Å². The second-order valence-electron chi connectivity index (χ2n) is 11.8. The molecule has 1 unspecified atom stereocenters. The Balaban J connectivity index is 1.69. The van der Waals surface area contributed by atoms with E-state index in [0.29, 0.717) is 29.6 Å². The van der Waals surface area contributed by atoms with Crippen LogP contribution in [0.15, 0.2) is 35.5 Å². The van der Waals surface area contributed by atoms with Crippen molar-refractivity contribution in [2.24, 2.45) is 23.2 Å². The molecule has 0 radical (unpaired) electrons. The summed E-state index contributed by atoms with van der Waals surface area (Å²) in [6.45, 7) is 14.0.